The highest BCUT2D eigenvalue weighted by molar-refractivity contribution is 7.99. The number of fused-ring (bicyclic) bond motifs is 1. The van der Waals surface area contributed by atoms with Crippen molar-refractivity contribution in [1.82, 2.24) is 5.32 Å². The molecule has 2 nitrogen and oxygen atoms in total. The van der Waals surface area contributed by atoms with Gasteiger partial charge in [0.15, 0.2) is 0 Å². The molecule has 1 heterocycles. The lowest BCUT2D eigenvalue weighted by atomic mass is 10.1. The number of anilines is 1. The monoisotopic (exact) mass is 250 g/mol. The van der Waals surface area contributed by atoms with Gasteiger partial charge < -0.3 is 10.2 Å². The van der Waals surface area contributed by atoms with Crippen LogP contribution in [-0.2, 0) is 0 Å². The third-order valence-electron chi connectivity index (χ3n) is 3.72. The van der Waals surface area contributed by atoms with Crippen LogP contribution < -0.4 is 10.2 Å². The van der Waals surface area contributed by atoms with Gasteiger partial charge in [0, 0.05) is 23.7 Å². The zero-order valence-electron chi connectivity index (χ0n) is 11.2. The summed E-state index contributed by atoms with van der Waals surface area (Å²) >= 11 is 2.00. The molecule has 1 atom stereocenters. The summed E-state index contributed by atoms with van der Waals surface area (Å²) in [6.07, 6.45) is 1.22. The number of hydrogen-bond acceptors (Lipinski definition) is 3. The van der Waals surface area contributed by atoms with E-state index in [0.717, 1.165) is 6.54 Å². The van der Waals surface area contributed by atoms with E-state index >= 15 is 0 Å². The predicted octanol–water partition coefficient (Wildman–Crippen LogP) is 2.82. The van der Waals surface area contributed by atoms with Gasteiger partial charge in [0.2, 0.25) is 0 Å². The highest BCUT2D eigenvalue weighted by Crippen LogP contribution is 2.40. The number of aryl methyl sites for hydroxylation is 1. The van der Waals surface area contributed by atoms with E-state index in [0.29, 0.717) is 6.04 Å². The summed E-state index contributed by atoms with van der Waals surface area (Å²) in [5.41, 5.74) is 4.28. The molecule has 1 unspecified atom stereocenters. The zero-order chi connectivity index (χ0) is 12.4. The van der Waals surface area contributed by atoms with Gasteiger partial charge in [-0.25, -0.2) is 0 Å². The van der Waals surface area contributed by atoms with Crippen molar-refractivity contribution in [3.63, 3.8) is 0 Å². The molecule has 0 amide bonds. The molecule has 0 radical (unpaired) electrons. The molecule has 0 saturated carbocycles. The average Bonchev–Trinajstić information content (AvgIpc) is 2.33. The molecule has 0 aliphatic carbocycles. The molecule has 1 aromatic carbocycles. The molecule has 1 N–H and O–H groups in total. The van der Waals surface area contributed by atoms with Gasteiger partial charge in [-0.3, -0.25) is 0 Å². The smallest absolute Gasteiger partial charge is 0.0536 e. The maximum absolute atomic E-state index is 3.25. The number of rotatable bonds is 3. The van der Waals surface area contributed by atoms with Gasteiger partial charge in [-0.05, 0) is 51.1 Å². The maximum atomic E-state index is 3.25. The molecule has 0 saturated heterocycles. The van der Waals surface area contributed by atoms with Gasteiger partial charge >= 0.3 is 0 Å². The molecular weight excluding hydrogens is 228 g/mol. The summed E-state index contributed by atoms with van der Waals surface area (Å²) in [5, 5.41) is 3.25. The molecule has 3 heteroatoms. The number of nitrogens with one attached hydrogen (secondary N) is 1. The Bertz CT molecular complexity index is 403. The Hall–Kier alpha value is -0.670. The van der Waals surface area contributed by atoms with Crippen molar-refractivity contribution < 1.29 is 0 Å². The van der Waals surface area contributed by atoms with Crippen molar-refractivity contribution >= 4 is 17.4 Å². The van der Waals surface area contributed by atoms with Crippen LogP contribution >= 0.6 is 11.8 Å². The largest absolute Gasteiger partial charge is 0.370 e. The molecule has 2 rings (SSSR count). The third-order valence-corrected chi connectivity index (χ3v) is 4.92. The van der Waals surface area contributed by atoms with Gasteiger partial charge in [0.25, 0.3) is 0 Å². The summed E-state index contributed by atoms with van der Waals surface area (Å²) in [6, 6.07) is 5.16. The van der Waals surface area contributed by atoms with Crippen LogP contribution in [0.5, 0.6) is 0 Å². The van der Waals surface area contributed by atoms with Crippen LogP contribution in [-0.4, -0.2) is 32.4 Å². The van der Waals surface area contributed by atoms with E-state index in [1.807, 2.05) is 18.8 Å². The van der Waals surface area contributed by atoms with Crippen molar-refractivity contribution in [2.75, 3.05) is 31.3 Å². The van der Waals surface area contributed by atoms with Crippen molar-refractivity contribution in [1.29, 1.82) is 0 Å². The molecule has 0 fully saturated rings. The normalized spacial score (nSPS) is 19.3. The molecular formula is C14H22N2S. The summed E-state index contributed by atoms with van der Waals surface area (Å²) in [6.45, 7) is 5.53. The minimum Gasteiger partial charge on any atom is -0.370 e. The number of nitrogens with zero attached hydrogens (tertiary/aromatic N) is 1. The number of benzene rings is 1. The van der Waals surface area contributed by atoms with Gasteiger partial charge in [-0.2, -0.15) is 0 Å². The van der Waals surface area contributed by atoms with Gasteiger partial charge in [-0.15, -0.1) is 11.8 Å². The fourth-order valence-electron chi connectivity index (χ4n) is 2.40. The third kappa shape index (κ3) is 2.45. The van der Waals surface area contributed by atoms with Crippen LogP contribution in [0.1, 0.15) is 17.5 Å². The Balaban J connectivity index is 2.27. The van der Waals surface area contributed by atoms with Crippen LogP contribution in [0.2, 0.25) is 0 Å². The second-order valence-electron chi connectivity index (χ2n) is 4.82. The maximum Gasteiger partial charge on any atom is 0.0536 e. The van der Waals surface area contributed by atoms with E-state index in [1.54, 1.807) is 0 Å². The summed E-state index contributed by atoms with van der Waals surface area (Å²) in [4.78, 5) is 3.92. The highest BCUT2D eigenvalue weighted by Gasteiger charge is 2.25. The summed E-state index contributed by atoms with van der Waals surface area (Å²) in [7, 11) is 4.27. The SMILES string of the molecule is CNCCC1CSc2ccc(C)c(C)c2N1C. The van der Waals surface area contributed by atoms with E-state index in [-0.39, 0.29) is 0 Å². The van der Waals surface area contributed by atoms with Gasteiger partial charge in [0.1, 0.15) is 0 Å². The van der Waals surface area contributed by atoms with E-state index in [4.69, 9.17) is 0 Å². The Morgan fingerprint density at radius 1 is 1.41 bits per heavy atom. The molecule has 1 aliphatic rings. The van der Waals surface area contributed by atoms with Crippen LogP contribution in [0, 0.1) is 13.8 Å². The van der Waals surface area contributed by atoms with Crippen LogP contribution in [0.25, 0.3) is 0 Å². The van der Waals surface area contributed by atoms with Gasteiger partial charge in [0.05, 0.1) is 5.69 Å². The van der Waals surface area contributed by atoms with Gasteiger partial charge in [-0.1, -0.05) is 6.07 Å². The molecule has 0 bridgehead atoms. The minimum atomic E-state index is 0.653. The summed E-state index contributed by atoms with van der Waals surface area (Å²) in [5.74, 6) is 1.20. The zero-order valence-corrected chi connectivity index (χ0v) is 12.0. The van der Waals surface area contributed by atoms with Crippen molar-refractivity contribution in [2.45, 2.75) is 31.2 Å². The number of hydrogen-bond donors (Lipinski definition) is 1. The highest BCUT2D eigenvalue weighted by atomic mass is 32.2. The average molecular weight is 250 g/mol. The lowest BCUT2D eigenvalue weighted by Gasteiger charge is -2.37. The van der Waals surface area contributed by atoms with E-state index in [9.17, 15) is 0 Å². The molecule has 0 spiro atoms. The minimum absolute atomic E-state index is 0.653. The first-order valence-corrected chi connectivity index (χ1v) is 7.24. The first-order valence-electron chi connectivity index (χ1n) is 6.25. The second-order valence-corrected chi connectivity index (χ2v) is 5.88. The topological polar surface area (TPSA) is 15.3 Å². The van der Waals surface area contributed by atoms with Crippen LogP contribution in [0.4, 0.5) is 5.69 Å². The van der Waals surface area contributed by atoms with Crippen molar-refractivity contribution in [3.8, 4) is 0 Å². The molecule has 94 valence electrons. The van der Waals surface area contributed by atoms with Crippen LogP contribution in [0.3, 0.4) is 0 Å². The fourth-order valence-corrected chi connectivity index (χ4v) is 3.76. The lowest BCUT2D eigenvalue weighted by Crippen LogP contribution is -2.39. The van der Waals surface area contributed by atoms with Crippen molar-refractivity contribution in [3.05, 3.63) is 23.3 Å². The Morgan fingerprint density at radius 2 is 2.18 bits per heavy atom. The fraction of sp³-hybridized carbons (Fsp3) is 0.571. The second kappa shape index (κ2) is 5.32. The Morgan fingerprint density at radius 3 is 2.88 bits per heavy atom. The lowest BCUT2D eigenvalue weighted by molar-refractivity contribution is 0.597. The van der Waals surface area contributed by atoms with Crippen LogP contribution in [0.15, 0.2) is 17.0 Å². The molecule has 1 aromatic rings. The molecule has 1 aliphatic heterocycles. The Kier molecular flexibility index (Phi) is 4.00. The first kappa shape index (κ1) is 12.8. The first-order chi connectivity index (χ1) is 8.15. The molecule has 0 aromatic heterocycles. The standard InChI is InChI=1S/C14H22N2S/c1-10-5-6-13-14(11(10)2)16(4)12(9-17-13)7-8-15-3/h5-6,12,15H,7-9H2,1-4H3. The van der Waals surface area contributed by atoms with E-state index in [2.05, 4.69) is 43.2 Å². The number of thioether (sulfide) groups is 1. The molecule has 17 heavy (non-hydrogen) atoms. The summed E-state index contributed by atoms with van der Waals surface area (Å²) < 4.78 is 0. The Labute approximate surface area is 109 Å². The predicted molar refractivity (Wildman–Crippen MR) is 77.4 cm³/mol. The van der Waals surface area contributed by atoms with E-state index in [1.165, 1.54) is 33.9 Å². The van der Waals surface area contributed by atoms with Crippen molar-refractivity contribution in [2.24, 2.45) is 0 Å². The quantitative estimate of drug-likeness (QED) is 0.888. The van der Waals surface area contributed by atoms with E-state index < -0.39 is 0 Å².